The van der Waals surface area contributed by atoms with E-state index in [1.54, 1.807) is 6.26 Å². The number of aliphatic hydroxyl groups is 1. The summed E-state index contributed by atoms with van der Waals surface area (Å²) in [4.78, 5) is 0. The maximum absolute atomic E-state index is 10.8. The Bertz CT molecular complexity index is 544. The van der Waals surface area contributed by atoms with Crippen molar-refractivity contribution in [3.8, 4) is 0 Å². The lowest BCUT2D eigenvalue weighted by atomic mass is 9.46. The summed E-state index contributed by atoms with van der Waals surface area (Å²) in [6.45, 7) is 9.33. The van der Waals surface area contributed by atoms with Crippen molar-refractivity contribution in [3.05, 3.63) is 35.8 Å². The van der Waals surface area contributed by atoms with Crippen molar-refractivity contribution >= 4 is 0 Å². The molecule has 1 aromatic heterocycles. The van der Waals surface area contributed by atoms with E-state index in [9.17, 15) is 5.11 Å². The van der Waals surface area contributed by atoms with Gasteiger partial charge in [-0.3, -0.25) is 0 Å². The van der Waals surface area contributed by atoms with Gasteiger partial charge in [0.05, 0.1) is 18.6 Å². The van der Waals surface area contributed by atoms with Crippen LogP contribution in [-0.4, -0.2) is 11.2 Å². The summed E-state index contributed by atoms with van der Waals surface area (Å²) in [7, 11) is 0. The van der Waals surface area contributed by atoms with Gasteiger partial charge >= 0.3 is 0 Å². The molecule has 122 valence electrons. The zero-order valence-electron chi connectivity index (χ0n) is 14.4. The molecule has 0 amide bonds. The molecular weight excluding hydrogens is 272 g/mol. The Morgan fingerprint density at radius 3 is 2.82 bits per heavy atom. The fourth-order valence-corrected chi connectivity index (χ4v) is 5.23. The average molecular weight is 302 g/mol. The van der Waals surface area contributed by atoms with Crippen LogP contribution in [0.25, 0.3) is 0 Å². The number of aliphatic hydroxyl groups excluding tert-OH is 1. The molecule has 1 saturated carbocycles. The third-order valence-electron chi connectivity index (χ3n) is 7.20. The number of fused-ring (bicyclic) bond motifs is 1. The lowest BCUT2D eigenvalue weighted by Crippen LogP contribution is -2.56. The summed E-state index contributed by atoms with van der Waals surface area (Å²) in [5, 5.41) is 10.8. The summed E-state index contributed by atoms with van der Waals surface area (Å²) < 4.78 is 5.23. The average Bonchev–Trinajstić information content (AvgIpc) is 2.99. The van der Waals surface area contributed by atoms with Gasteiger partial charge in [-0.1, -0.05) is 32.4 Å². The van der Waals surface area contributed by atoms with Crippen LogP contribution >= 0.6 is 0 Å². The van der Waals surface area contributed by atoms with Crippen molar-refractivity contribution in [1.82, 2.24) is 0 Å². The molecule has 0 saturated heterocycles. The highest BCUT2D eigenvalue weighted by Crippen LogP contribution is 2.61. The van der Waals surface area contributed by atoms with Crippen LogP contribution in [0, 0.1) is 22.7 Å². The van der Waals surface area contributed by atoms with Crippen LogP contribution in [0.2, 0.25) is 0 Å². The van der Waals surface area contributed by atoms with Gasteiger partial charge in [0.1, 0.15) is 0 Å². The molecule has 22 heavy (non-hydrogen) atoms. The van der Waals surface area contributed by atoms with Crippen LogP contribution in [-0.2, 0) is 6.42 Å². The second-order valence-corrected chi connectivity index (χ2v) is 8.09. The molecule has 1 aromatic rings. The lowest BCUT2D eigenvalue weighted by Gasteiger charge is -2.60. The zero-order chi connectivity index (χ0) is 16.0. The molecule has 2 aliphatic carbocycles. The van der Waals surface area contributed by atoms with Crippen LogP contribution in [0.15, 0.2) is 34.7 Å². The van der Waals surface area contributed by atoms with Crippen molar-refractivity contribution in [2.75, 3.05) is 0 Å². The Morgan fingerprint density at radius 1 is 1.36 bits per heavy atom. The number of rotatable bonds is 3. The SMILES string of the molecule is CC1=CCC[C@@H]2[C@@](C)(CCc3ccoc3)[C@H](C)C[C@H](O)[C@@]12C. The van der Waals surface area contributed by atoms with Gasteiger partial charge in [-0.2, -0.15) is 0 Å². The summed E-state index contributed by atoms with van der Waals surface area (Å²) in [6.07, 6.45) is 11.3. The molecule has 0 spiro atoms. The predicted molar refractivity (Wildman–Crippen MR) is 89.5 cm³/mol. The molecule has 0 aliphatic heterocycles. The lowest BCUT2D eigenvalue weighted by molar-refractivity contribution is -0.124. The number of furan rings is 1. The predicted octanol–water partition coefficient (Wildman–Crippen LogP) is 4.98. The zero-order valence-corrected chi connectivity index (χ0v) is 14.4. The smallest absolute Gasteiger partial charge is 0.0934 e. The van der Waals surface area contributed by atoms with Gasteiger partial charge in [0.2, 0.25) is 0 Å². The maximum Gasteiger partial charge on any atom is 0.0934 e. The van der Waals surface area contributed by atoms with Gasteiger partial charge in [-0.25, -0.2) is 0 Å². The second-order valence-electron chi connectivity index (χ2n) is 8.09. The van der Waals surface area contributed by atoms with Crippen LogP contribution in [0.3, 0.4) is 0 Å². The fourth-order valence-electron chi connectivity index (χ4n) is 5.23. The highest BCUT2D eigenvalue weighted by atomic mass is 16.3. The molecule has 0 aromatic carbocycles. The molecule has 0 radical (unpaired) electrons. The first-order chi connectivity index (χ1) is 10.4. The Balaban J connectivity index is 1.90. The van der Waals surface area contributed by atoms with E-state index in [1.165, 1.54) is 24.0 Å². The standard InChI is InChI=1S/C20H30O2/c1-14-6-5-7-17-19(3,10-8-16-9-11-22-13-16)15(2)12-18(21)20(14,17)4/h6,9,11,13,15,17-18,21H,5,7-8,10,12H2,1-4H3/t15-,17-,18+,19+,20+/m1/s1. The summed E-state index contributed by atoms with van der Waals surface area (Å²) in [5.74, 6) is 1.12. The normalized spacial score (nSPS) is 41.9. The number of hydrogen-bond donors (Lipinski definition) is 1. The first-order valence-corrected chi connectivity index (χ1v) is 8.75. The van der Waals surface area contributed by atoms with Crippen molar-refractivity contribution in [3.63, 3.8) is 0 Å². The van der Waals surface area contributed by atoms with Crippen molar-refractivity contribution in [2.24, 2.45) is 22.7 Å². The Hall–Kier alpha value is -1.02. The number of aryl methyl sites for hydroxylation is 1. The quantitative estimate of drug-likeness (QED) is 0.799. The minimum Gasteiger partial charge on any atom is -0.472 e. The second kappa shape index (κ2) is 5.56. The highest BCUT2D eigenvalue weighted by Gasteiger charge is 2.56. The third-order valence-corrected chi connectivity index (χ3v) is 7.20. The summed E-state index contributed by atoms with van der Waals surface area (Å²) >= 11 is 0. The van der Waals surface area contributed by atoms with Crippen molar-refractivity contribution in [2.45, 2.75) is 65.9 Å². The van der Waals surface area contributed by atoms with Gasteiger partial charge in [-0.15, -0.1) is 0 Å². The van der Waals surface area contributed by atoms with E-state index in [1.807, 2.05) is 6.26 Å². The van der Waals surface area contributed by atoms with E-state index in [2.05, 4.69) is 39.8 Å². The molecule has 2 heteroatoms. The first-order valence-electron chi connectivity index (χ1n) is 8.75. The van der Waals surface area contributed by atoms with Crippen LogP contribution < -0.4 is 0 Å². The largest absolute Gasteiger partial charge is 0.472 e. The minimum absolute atomic E-state index is 0.0457. The monoisotopic (exact) mass is 302 g/mol. The molecule has 2 aliphatic rings. The molecule has 0 unspecified atom stereocenters. The van der Waals surface area contributed by atoms with E-state index in [-0.39, 0.29) is 16.9 Å². The molecule has 2 nitrogen and oxygen atoms in total. The third kappa shape index (κ3) is 2.27. The highest BCUT2D eigenvalue weighted by molar-refractivity contribution is 5.23. The van der Waals surface area contributed by atoms with E-state index in [0.29, 0.717) is 11.8 Å². The van der Waals surface area contributed by atoms with Gasteiger partial charge < -0.3 is 9.52 Å². The Kier molecular flexibility index (Phi) is 4.01. The van der Waals surface area contributed by atoms with E-state index < -0.39 is 0 Å². The summed E-state index contributed by atoms with van der Waals surface area (Å²) in [5.41, 5.74) is 2.93. The van der Waals surface area contributed by atoms with Crippen LogP contribution in [0.1, 0.15) is 58.9 Å². The molecule has 3 rings (SSSR count). The first kappa shape index (κ1) is 15.9. The molecule has 5 atom stereocenters. The Morgan fingerprint density at radius 2 is 2.14 bits per heavy atom. The van der Waals surface area contributed by atoms with Crippen molar-refractivity contribution < 1.29 is 9.52 Å². The van der Waals surface area contributed by atoms with Gasteiger partial charge in [0.15, 0.2) is 0 Å². The van der Waals surface area contributed by atoms with E-state index in [4.69, 9.17) is 4.42 Å². The minimum atomic E-state index is -0.203. The Labute approximate surface area is 134 Å². The van der Waals surface area contributed by atoms with Crippen molar-refractivity contribution in [1.29, 1.82) is 0 Å². The number of hydrogen-bond acceptors (Lipinski definition) is 2. The maximum atomic E-state index is 10.8. The molecule has 0 bridgehead atoms. The number of allylic oxidation sites excluding steroid dienone is 1. The van der Waals surface area contributed by atoms with Crippen LogP contribution in [0.5, 0.6) is 0 Å². The molecular formula is C20H30O2. The van der Waals surface area contributed by atoms with Gasteiger partial charge in [0, 0.05) is 5.41 Å². The molecule has 1 fully saturated rings. The van der Waals surface area contributed by atoms with Gasteiger partial charge in [0.25, 0.3) is 0 Å². The summed E-state index contributed by atoms with van der Waals surface area (Å²) in [6, 6.07) is 2.08. The van der Waals surface area contributed by atoms with E-state index in [0.717, 1.165) is 19.3 Å². The van der Waals surface area contributed by atoms with E-state index >= 15 is 0 Å². The topological polar surface area (TPSA) is 33.4 Å². The fraction of sp³-hybridized carbons (Fsp3) is 0.700. The molecule has 1 heterocycles. The van der Waals surface area contributed by atoms with Gasteiger partial charge in [-0.05, 0) is 67.9 Å². The van der Waals surface area contributed by atoms with Crippen LogP contribution in [0.4, 0.5) is 0 Å². The molecule has 1 N–H and O–H groups in total.